The molecule has 0 spiro atoms. The van der Waals surface area contributed by atoms with Crippen LogP contribution in [-0.2, 0) is 9.59 Å². The molecule has 0 atom stereocenters. The molecule has 2 aromatic rings. The minimum Gasteiger partial charge on any atom is -0.457 e. The van der Waals surface area contributed by atoms with Gasteiger partial charge in [-0.25, -0.2) is 0 Å². The zero-order valence-electron chi connectivity index (χ0n) is 11.7. The summed E-state index contributed by atoms with van der Waals surface area (Å²) in [4.78, 5) is 24.5. The van der Waals surface area contributed by atoms with Crippen LogP contribution < -0.4 is 9.64 Å². The van der Waals surface area contributed by atoms with Crippen molar-refractivity contribution in [2.24, 2.45) is 0 Å². The molecule has 0 N–H and O–H groups in total. The van der Waals surface area contributed by atoms with Gasteiger partial charge in [0.1, 0.15) is 11.5 Å². The third-order valence-corrected chi connectivity index (χ3v) is 3.37. The third kappa shape index (κ3) is 2.67. The molecular formula is C17H12N2O3. The van der Waals surface area contributed by atoms with Crippen LogP contribution in [0.2, 0.25) is 0 Å². The van der Waals surface area contributed by atoms with E-state index in [0.29, 0.717) is 22.7 Å². The van der Waals surface area contributed by atoms with Crippen molar-refractivity contribution in [1.29, 1.82) is 5.26 Å². The standard InChI is InChI=1S/C17H12N2O3/c18-11-12-1-5-14(6-2-12)22-15-7-3-13(4-8-15)19-16(20)9-10-17(19)21/h1-8H,9-10H2. The first kappa shape index (κ1) is 13.8. The second-order valence-electron chi connectivity index (χ2n) is 4.86. The Balaban J connectivity index is 1.75. The smallest absolute Gasteiger partial charge is 0.234 e. The molecule has 108 valence electrons. The van der Waals surface area contributed by atoms with E-state index in [0.717, 1.165) is 0 Å². The van der Waals surface area contributed by atoms with Crippen LogP contribution in [0.25, 0.3) is 0 Å². The molecule has 2 amide bonds. The Labute approximate surface area is 127 Å². The van der Waals surface area contributed by atoms with Crippen LogP contribution in [0, 0.1) is 11.3 Å². The Morgan fingerprint density at radius 3 is 1.86 bits per heavy atom. The molecule has 0 unspecified atom stereocenters. The van der Waals surface area contributed by atoms with Crippen molar-refractivity contribution >= 4 is 17.5 Å². The predicted octanol–water partition coefficient (Wildman–Crippen LogP) is 3.00. The van der Waals surface area contributed by atoms with E-state index in [-0.39, 0.29) is 24.7 Å². The van der Waals surface area contributed by atoms with E-state index in [9.17, 15) is 9.59 Å². The molecule has 2 aromatic carbocycles. The number of carbonyl (C=O) groups is 2. The largest absolute Gasteiger partial charge is 0.457 e. The van der Waals surface area contributed by atoms with Crippen molar-refractivity contribution in [3.63, 3.8) is 0 Å². The van der Waals surface area contributed by atoms with E-state index in [1.807, 2.05) is 6.07 Å². The first-order valence-corrected chi connectivity index (χ1v) is 6.81. The molecule has 5 nitrogen and oxygen atoms in total. The fraction of sp³-hybridized carbons (Fsp3) is 0.118. The van der Waals surface area contributed by atoms with Gasteiger partial charge in [0.15, 0.2) is 0 Å². The lowest BCUT2D eigenvalue weighted by atomic mass is 10.2. The zero-order chi connectivity index (χ0) is 15.5. The van der Waals surface area contributed by atoms with Crippen molar-refractivity contribution < 1.29 is 14.3 Å². The summed E-state index contributed by atoms with van der Waals surface area (Å²) < 4.78 is 5.65. The second-order valence-corrected chi connectivity index (χ2v) is 4.86. The Bertz CT molecular complexity index is 742. The number of amides is 2. The summed E-state index contributed by atoms with van der Waals surface area (Å²) in [5.41, 5.74) is 1.12. The molecule has 3 rings (SSSR count). The van der Waals surface area contributed by atoms with E-state index >= 15 is 0 Å². The fourth-order valence-corrected chi connectivity index (χ4v) is 2.26. The van der Waals surface area contributed by atoms with Crippen LogP contribution in [0.4, 0.5) is 5.69 Å². The van der Waals surface area contributed by atoms with Gasteiger partial charge in [-0.1, -0.05) is 0 Å². The van der Waals surface area contributed by atoms with E-state index in [1.54, 1.807) is 48.5 Å². The number of carbonyl (C=O) groups excluding carboxylic acids is 2. The van der Waals surface area contributed by atoms with E-state index in [4.69, 9.17) is 10.00 Å². The van der Waals surface area contributed by atoms with Crippen LogP contribution in [-0.4, -0.2) is 11.8 Å². The first-order chi connectivity index (χ1) is 10.7. The van der Waals surface area contributed by atoms with Crippen molar-refractivity contribution in [3.05, 3.63) is 54.1 Å². The molecule has 1 saturated heterocycles. The first-order valence-electron chi connectivity index (χ1n) is 6.81. The van der Waals surface area contributed by atoms with Crippen LogP contribution in [0.3, 0.4) is 0 Å². The number of nitrogens with zero attached hydrogens (tertiary/aromatic N) is 2. The quantitative estimate of drug-likeness (QED) is 0.815. The van der Waals surface area contributed by atoms with Gasteiger partial charge < -0.3 is 4.74 Å². The molecular weight excluding hydrogens is 280 g/mol. The maximum absolute atomic E-state index is 11.7. The maximum atomic E-state index is 11.7. The number of imide groups is 1. The lowest BCUT2D eigenvalue weighted by Gasteiger charge is -2.14. The van der Waals surface area contributed by atoms with Gasteiger partial charge in [0.05, 0.1) is 17.3 Å². The highest BCUT2D eigenvalue weighted by atomic mass is 16.5. The molecule has 1 fully saturated rings. The van der Waals surface area contributed by atoms with E-state index in [2.05, 4.69) is 0 Å². The van der Waals surface area contributed by atoms with Gasteiger partial charge in [-0.2, -0.15) is 5.26 Å². The van der Waals surface area contributed by atoms with Crippen molar-refractivity contribution in [3.8, 4) is 17.6 Å². The molecule has 0 aliphatic carbocycles. The molecule has 0 bridgehead atoms. The molecule has 1 aliphatic rings. The normalized spacial score (nSPS) is 14.0. The maximum Gasteiger partial charge on any atom is 0.234 e. The van der Waals surface area contributed by atoms with E-state index in [1.165, 1.54) is 4.90 Å². The number of hydrogen-bond donors (Lipinski definition) is 0. The predicted molar refractivity (Wildman–Crippen MR) is 79.4 cm³/mol. The monoisotopic (exact) mass is 292 g/mol. The molecule has 0 saturated carbocycles. The number of nitriles is 1. The number of rotatable bonds is 3. The van der Waals surface area contributed by atoms with Gasteiger partial charge in [-0.3, -0.25) is 14.5 Å². The van der Waals surface area contributed by atoms with Crippen molar-refractivity contribution in [1.82, 2.24) is 0 Å². The van der Waals surface area contributed by atoms with Gasteiger partial charge in [0.25, 0.3) is 0 Å². The number of benzene rings is 2. The summed E-state index contributed by atoms with van der Waals surface area (Å²) in [6, 6.07) is 15.6. The highest BCUT2D eigenvalue weighted by Crippen LogP contribution is 2.27. The zero-order valence-corrected chi connectivity index (χ0v) is 11.7. The highest BCUT2D eigenvalue weighted by Gasteiger charge is 2.30. The van der Waals surface area contributed by atoms with Gasteiger partial charge in [0, 0.05) is 12.8 Å². The fourth-order valence-electron chi connectivity index (χ4n) is 2.26. The summed E-state index contributed by atoms with van der Waals surface area (Å²) in [7, 11) is 0. The van der Waals surface area contributed by atoms with Gasteiger partial charge in [-0.15, -0.1) is 0 Å². The Morgan fingerprint density at radius 1 is 0.864 bits per heavy atom. The average Bonchev–Trinajstić information content (AvgIpc) is 2.88. The Kier molecular flexibility index (Phi) is 3.58. The van der Waals surface area contributed by atoms with Crippen LogP contribution >= 0.6 is 0 Å². The summed E-state index contributed by atoms with van der Waals surface area (Å²) in [6.45, 7) is 0. The van der Waals surface area contributed by atoms with Gasteiger partial charge in [-0.05, 0) is 48.5 Å². The molecule has 1 heterocycles. The topological polar surface area (TPSA) is 70.4 Å². The average molecular weight is 292 g/mol. The van der Waals surface area contributed by atoms with Crippen molar-refractivity contribution in [2.75, 3.05) is 4.90 Å². The highest BCUT2D eigenvalue weighted by molar-refractivity contribution is 6.19. The van der Waals surface area contributed by atoms with Gasteiger partial charge in [0.2, 0.25) is 11.8 Å². The molecule has 0 aromatic heterocycles. The molecule has 1 aliphatic heterocycles. The van der Waals surface area contributed by atoms with Crippen LogP contribution in [0.15, 0.2) is 48.5 Å². The minimum absolute atomic E-state index is 0.175. The van der Waals surface area contributed by atoms with Crippen LogP contribution in [0.5, 0.6) is 11.5 Å². The lowest BCUT2D eigenvalue weighted by Crippen LogP contribution is -2.28. The van der Waals surface area contributed by atoms with Crippen molar-refractivity contribution in [2.45, 2.75) is 12.8 Å². The number of anilines is 1. The summed E-state index contributed by atoms with van der Waals surface area (Å²) in [5.74, 6) is 0.851. The second kappa shape index (κ2) is 5.70. The Hall–Kier alpha value is -3.13. The van der Waals surface area contributed by atoms with Gasteiger partial charge >= 0.3 is 0 Å². The summed E-state index contributed by atoms with van der Waals surface area (Å²) in [6.07, 6.45) is 0.532. The molecule has 0 radical (unpaired) electrons. The molecule has 22 heavy (non-hydrogen) atoms. The minimum atomic E-state index is -0.175. The van der Waals surface area contributed by atoms with E-state index < -0.39 is 0 Å². The summed E-state index contributed by atoms with van der Waals surface area (Å²) >= 11 is 0. The summed E-state index contributed by atoms with van der Waals surface area (Å²) in [5, 5.41) is 8.74. The lowest BCUT2D eigenvalue weighted by molar-refractivity contribution is -0.121. The SMILES string of the molecule is N#Cc1ccc(Oc2ccc(N3C(=O)CCC3=O)cc2)cc1. The third-order valence-electron chi connectivity index (χ3n) is 3.37. The van der Waals surface area contributed by atoms with Crippen LogP contribution in [0.1, 0.15) is 18.4 Å². The molecule has 5 heteroatoms. The Morgan fingerprint density at radius 2 is 1.36 bits per heavy atom. The number of hydrogen-bond acceptors (Lipinski definition) is 4. The number of ether oxygens (including phenoxy) is 1.